The van der Waals surface area contributed by atoms with Gasteiger partial charge in [0.2, 0.25) is 11.8 Å². The van der Waals surface area contributed by atoms with Crippen LogP contribution in [0.25, 0.3) is 16.6 Å². The second kappa shape index (κ2) is 14.3. The SMILES string of the molecule is CNC(C)C(=O)N[C@@H]1C(=O)N(Cc2nn(-c3ccccc3C#N)c3ccccc23)c2ccccc2N(C(=O)C2CCOCC2)[C@H]1C.Cl. The minimum atomic E-state index is -1.04. The van der Waals surface area contributed by atoms with Gasteiger partial charge >= 0.3 is 0 Å². The van der Waals surface area contributed by atoms with E-state index < -0.39 is 18.1 Å². The van der Waals surface area contributed by atoms with E-state index in [0.717, 1.165) is 10.9 Å². The van der Waals surface area contributed by atoms with Gasteiger partial charge in [-0.2, -0.15) is 10.4 Å². The molecule has 2 N–H and O–H groups in total. The molecule has 0 saturated carbocycles. The number of hydrogen-bond donors (Lipinski definition) is 2. The average Bonchev–Trinajstić information content (AvgIpc) is 3.43. The molecule has 2 aliphatic rings. The third-order valence-electron chi connectivity index (χ3n) is 9.01. The van der Waals surface area contributed by atoms with Crippen LogP contribution in [0.2, 0.25) is 0 Å². The number of para-hydroxylation sites is 4. The smallest absolute Gasteiger partial charge is 0.252 e. The summed E-state index contributed by atoms with van der Waals surface area (Å²) in [6.45, 7) is 4.59. The fourth-order valence-corrected chi connectivity index (χ4v) is 6.31. The Morgan fingerprint density at radius 3 is 2.34 bits per heavy atom. The number of carbonyl (C=O) groups is 3. The van der Waals surface area contributed by atoms with Crippen LogP contribution >= 0.6 is 12.4 Å². The number of nitrogens with zero attached hydrogens (tertiary/aromatic N) is 5. The fourth-order valence-electron chi connectivity index (χ4n) is 6.31. The second-order valence-electron chi connectivity index (χ2n) is 11.7. The summed E-state index contributed by atoms with van der Waals surface area (Å²) in [5, 5.41) is 21.5. The molecular weight excluding hydrogens is 618 g/mol. The zero-order chi connectivity index (χ0) is 32.4. The van der Waals surface area contributed by atoms with Gasteiger partial charge in [0.05, 0.1) is 52.5 Å². The van der Waals surface area contributed by atoms with Crippen LogP contribution in [0.1, 0.15) is 37.9 Å². The average molecular weight is 656 g/mol. The first kappa shape index (κ1) is 33.6. The second-order valence-corrected chi connectivity index (χ2v) is 11.7. The molecule has 3 atom stereocenters. The number of carbonyl (C=O) groups excluding carboxylic acids is 3. The monoisotopic (exact) mass is 655 g/mol. The van der Waals surface area contributed by atoms with Crippen molar-refractivity contribution in [2.45, 2.75) is 51.4 Å². The summed E-state index contributed by atoms with van der Waals surface area (Å²) < 4.78 is 7.26. The molecule has 1 fully saturated rings. The number of halogens is 1. The first-order valence-corrected chi connectivity index (χ1v) is 15.6. The van der Waals surface area contributed by atoms with Crippen molar-refractivity contribution in [1.82, 2.24) is 20.4 Å². The van der Waals surface area contributed by atoms with Crippen LogP contribution in [0.3, 0.4) is 0 Å². The molecule has 2 aliphatic heterocycles. The molecule has 6 rings (SSSR count). The molecule has 3 amide bonds. The molecule has 244 valence electrons. The lowest BCUT2D eigenvalue weighted by molar-refractivity contribution is -0.130. The Hall–Kier alpha value is -4.76. The van der Waals surface area contributed by atoms with Gasteiger partial charge in [-0.1, -0.05) is 42.5 Å². The van der Waals surface area contributed by atoms with Crippen LogP contribution in [-0.2, 0) is 25.7 Å². The van der Waals surface area contributed by atoms with Crippen molar-refractivity contribution in [2.75, 3.05) is 30.1 Å². The minimum Gasteiger partial charge on any atom is -0.381 e. The summed E-state index contributed by atoms with van der Waals surface area (Å²) in [5.41, 5.74) is 3.63. The summed E-state index contributed by atoms with van der Waals surface area (Å²) in [6, 6.07) is 22.3. The quantitative estimate of drug-likeness (QED) is 0.306. The molecule has 12 heteroatoms. The van der Waals surface area contributed by atoms with E-state index in [-0.39, 0.29) is 42.6 Å². The van der Waals surface area contributed by atoms with Crippen LogP contribution in [0.4, 0.5) is 11.4 Å². The molecule has 4 aromatic rings. The Bertz CT molecular complexity index is 1830. The van der Waals surface area contributed by atoms with Gasteiger partial charge in [0.25, 0.3) is 5.91 Å². The highest BCUT2D eigenvalue weighted by atomic mass is 35.5. The summed E-state index contributed by atoms with van der Waals surface area (Å²) >= 11 is 0. The molecular formula is C35H38ClN7O4. The van der Waals surface area contributed by atoms with Crippen molar-refractivity contribution in [2.24, 2.45) is 5.92 Å². The minimum absolute atomic E-state index is 0. The molecule has 1 aromatic heterocycles. The van der Waals surface area contributed by atoms with Crippen LogP contribution < -0.4 is 20.4 Å². The van der Waals surface area contributed by atoms with Gasteiger partial charge in [-0.05, 0) is 64.1 Å². The molecule has 3 heterocycles. The van der Waals surface area contributed by atoms with Gasteiger partial charge in [0.1, 0.15) is 12.1 Å². The first-order chi connectivity index (χ1) is 22.3. The van der Waals surface area contributed by atoms with Gasteiger partial charge in [0, 0.05) is 24.5 Å². The maximum absolute atomic E-state index is 14.7. The predicted octanol–water partition coefficient (Wildman–Crippen LogP) is 4.11. The van der Waals surface area contributed by atoms with E-state index in [0.29, 0.717) is 54.4 Å². The lowest BCUT2D eigenvalue weighted by atomic mass is 9.96. The highest BCUT2D eigenvalue weighted by molar-refractivity contribution is 6.09. The highest BCUT2D eigenvalue weighted by Crippen LogP contribution is 2.38. The third-order valence-corrected chi connectivity index (χ3v) is 9.01. The van der Waals surface area contributed by atoms with Crippen molar-refractivity contribution in [3.8, 4) is 11.8 Å². The van der Waals surface area contributed by atoms with E-state index in [2.05, 4.69) is 16.7 Å². The standard InChI is InChI=1S/C35H37N7O4.ClH/c1-22(37-3)33(43)38-32-23(2)41(34(44)24-16-18-46-19-17-24)31-15-9-8-14-30(31)40(35(32)45)21-27-26-11-5-7-13-29(26)42(39-27)28-12-6-4-10-25(28)20-36;/h4-15,22-24,32,37H,16-19,21H2,1-3H3,(H,38,43);1H/t22?,23-,32-;/m0./s1. The molecule has 1 unspecified atom stereocenters. The normalized spacial score (nSPS) is 18.9. The van der Waals surface area contributed by atoms with Gasteiger partial charge in [0.15, 0.2) is 0 Å². The Morgan fingerprint density at radius 2 is 1.64 bits per heavy atom. The zero-order valence-electron chi connectivity index (χ0n) is 26.6. The maximum Gasteiger partial charge on any atom is 0.252 e. The Kier molecular flexibility index (Phi) is 10.3. The van der Waals surface area contributed by atoms with Crippen LogP contribution in [-0.4, -0.2) is 65.9 Å². The number of aromatic nitrogens is 2. The Labute approximate surface area is 279 Å². The van der Waals surface area contributed by atoms with Crippen molar-refractivity contribution in [1.29, 1.82) is 5.26 Å². The van der Waals surface area contributed by atoms with E-state index in [9.17, 15) is 19.6 Å². The third kappa shape index (κ3) is 6.32. The van der Waals surface area contributed by atoms with Crippen molar-refractivity contribution >= 4 is 52.4 Å². The lowest BCUT2D eigenvalue weighted by Gasteiger charge is -2.35. The Balaban J connectivity index is 0.00000433. The van der Waals surface area contributed by atoms with E-state index in [4.69, 9.17) is 9.84 Å². The summed E-state index contributed by atoms with van der Waals surface area (Å²) in [5.74, 6) is -1.06. The zero-order valence-corrected chi connectivity index (χ0v) is 27.4. The molecule has 0 spiro atoms. The largest absolute Gasteiger partial charge is 0.381 e. The van der Waals surface area contributed by atoms with Crippen LogP contribution in [0.15, 0.2) is 72.8 Å². The van der Waals surface area contributed by atoms with Gasteiger partial charge in [-0.3, -0.25) is 14.4 Å². The molecule has 3 aromatic carbocycles. The van der Waals surface area contributed by atoms with Crippen molar-refractivity contribution in [3.05, 3.63) is 84.1 Å². The predicted molar refractivity (Wildman–Crippen MR) is 182 cm³/mol. The van der Waals surface area contributed by atoms with Crippen LogP contribution in [0.5, 0.6) is 0 Å². The molecule has 0 bridgehead atoms. The van der Waals surface area contributed by atoms with Crippen molar-refractivity contribution in [3.63, 3.8) is 0 Å². The number of nitrogens with one attached hydrogen (secondary N) is 2. The van der Waals surface area contributed by atoms with Crippen molar-refractivity contribution < 1.29 is 19.1 Å². The number of amides is 3. The number of likely N-dealkylation sites (N-methyl/N-ethyl adjacent to an activating group) is 1. The first-order valence-electron chi connectivity index (χ1n) is 15.6. The van der Waals surface area contributed by atoms with Crippen LogP contribution in [0, 0.1) is 17.2 Å². The fraction of sp³-hybridized carbons (Fsp3) is 0.343. The Morgan fingerprint density at radius 1 is 1.00 bits per heavy atom. The molecule has 11 nitrogen and oxygen atoms in total. The molecule has 1 saturated heterocycles. The number of benzene rings is 3. The number of rotatable bonds is 7. The van der Waals surface area contributed by atoms with Gasteiger partial charge in [-0.25, -0.2) is 4.68 Å². The highest BCUT2D eigenvalue weighted by Gasteiger charge is 2.44. The number of nitriles is 1. The summed E-state index contributed by atoms with van der Waals surface area (Å²) in [6.07, 6.45) is 1.17. The van der Waals surface area contributed by atoms with E-state index in [1.165, 1.54) is 0 Å². The topological polar surface area (TPSA) is 133 Å². The van der Waals surface area contributed by atoms with E-state index >= 15 is 0 Å². The number of anilines is 2. The molecule has 0 radical (unpaired) electrons. The van der Waals surface area contributed by atoms with Gasteiger partial charge < -0.3 is 25.2 Å². The lowest BCUT2D eigenvalue weighted by Crippen LogP contribution is -2.60. The number of ether oxygens (including phenoxy) is 1. The summed E-state index contributed by atoms with van der Waals surface area (Å²) in [4.78, 5) is 45.5. The van der Waals surface area contributed by atoms with Gasteiger partial charge in [-0.15, -0.1) is 12.4 Å². The maximum atomic E-state index is 14.7. The number of hydrogen-bond acceptors (Lipinski definition) is 7. The van der Waals surface area contributed by atoms with E-state index in [1.807, 2.05) is 67.6 Å². The number of fused-ring (bicyclic) bond motifs is 2. The molecule has 47 heavy (non-hydrogen) atoms. The summed E-state index contributed by atoms with van der Waals surface area (Å²) in [7, 11) is 1.68. The molecule has 0 aliphatic carbocycles. The van der Waals surface area contributed by atoms with E-state index in [1.54, 1.807) is 40.6 Å².